The lowest BCUT2D eigenvalue weighted by Gasteiger charge is -2.47. The standard InChI is InChI=1S/C28H30N2O2/c31-27(12-4-5-13-27)14-8-23-19-24(18-22-6-2-1-3-7-22)26(29-20-23)9-15-28(32)21-30-16-10-25(28)11-17-30/h1-3,6-7,19-20,25,31-32H,4-5,10-13,16-18,21H2. The maximum atomic E-state index is 11.2. The highest BCUT2D eigenvalue weighted by molar-refractivity contribution is 5.46. The molecule has 0 amide bonds. The van der Waals surface area contributed by atoms with Crippen molar-refractivity contribution in [2.45, 2.75) is 56.1 Å². The minimum atomic E-state index is -0.952. The van der Waals surface area contributed by atoms with E-state index in [2.05, 4.69) is 45.7 Å². The molecule has 1 aromatic heterocycles. The molecule has 32 heavy (non-hydrogen) atoms. The molecule has 4 heteroatoms. The summed E-state index contributed by atoms with van der Waals surface area (Å²) in [4.78, 5) is 6.94. The molecule has 1 aliphatic carbocycles. The zero-order valence-electron chi connectivity index (χ0n) is 18.5. The minimum absolute atomic E-state index is 0.245. The number of aliphatic hydroxyl groups is 2. The maximum Gasteiger partial charge on any atom is 0.141 e. The van der Waals surface area contributed by atoms with Crippen LogP contribution in [-0.2, 0) is 6.42 Å². The zero-order valence-corrected chi connectivity index (χ0v) is 18.5. The number of hydrogen-bond acceptors (Lipinski definition) is 4. The summed E-state index contributed by atoms with van der Waals surface area (Å²) < 4.78 is 0. The lowest BCUT2D eigenvalue weighted by Crippen LogP contribution is -2.58. The maximum absolute atomic E-state index is 11.2. The van der Waals surface area contributed by atoms with Crippen LogP contribution in [0.3, 0.4) is 0 Å². The van der Waals surface area contributed by atoms with Gasteiger partial charge >= 0.3 is 0 Å². The van der Waals surface area contributed by atoms with Crippen LogP contribution in [0.2, 0.25) is 0 Å². The van der Waals surface area contributed by atoms with E-state index in [0.29, 0.717) is 18.7 Å². The molecule has 6 rings (SSSR count). The van der Waals surface area contributed by atoms with Crippen molar-refractivity contribution in [2.75, 3.05) is 19.6 Å². The number of piperidine rings is 3. The van der Waals surface area contributed by atoms with Crippen LogP contribution in [0.25, 0.3) is 0 Å². The molecule has 4 nitrogen and oxygen atoms in total. The Bertz CT molecular complexity index is 1090. The molecule has 0 radical (unpaired) electrons. The largest absolute Gasteiger partial charge is 0.378 e. The molecule has 164 valence electrons. The summed E-state index contributed by atoms with van der Waals surface area (Å²) in [7, 11) is 0. The summed E-state index contributed by atoms with van der Waals surface area (Å²) >= 11 is 0. The van der Waals surface area contributed by atoms with E-state index in [1.165, 1.54) is 5.56 Å². The van der Waals surface area contributed by atoms with E-state index < -0.39 is 11.2 Å². The van der Waals surface area contributed by atoms with E-state index in [-0.39, 0.29) is 5.92 Å². The predicted octanol–water partition coefficient (Wildman–Crippen LogP) is 3.14. The first-order valence-corrected chi connectivity index (χ1v) is 11.8. The van der Waals surface area contributed by atoms with E-state index in [0.717, 1.165) is 62.7 Å². The molecular weight excluding hydrogens is 396 g/mol. The second-order valence-corrected chi connectivity index (χ2v) is 9.61. The molecule has 3 aliphatic heterocycles. The molecule has 1 atom stereocenters. The number of aromatic nitrogens is 1. The molecule has 3 saturated heterocycles. The van der Waals surface area contributed by atoms with Crippen molar-refractivity contribution in [3.05, 3.63) is 65.0 Å². The second-order valence-electron chi connectivity index (χ2n) is 9.61. The first-order valence-electron chi connectivity index (χ1n) is 11.8. The zero-order chi connectivity index (χ0) is 22.0. The fourth-order valence-electron chi connectivity index (χ4n) is 5.26. The highest BCUT2D eigenvalue weighted by atomic mass is 16.3. The van der Waals surface area contributed by atoms with Crippen LogP contribution >= 0.6 is 0 Å². The Kier molecular flexibility index (Phi) is 5.78. The third-order valence-corrected chi connectivity index (χ3v) is 7.20. The fraction of sp³-hybridized carbons (Fsp3) is 0.464. The molecule has 2 N–H and O–H groups in total. The topological polar surface area (TPSA) is 56.6 Å². The monoisotopic (exact) mass is 426 g/mol. The van der Waals surface area contributed by atoms with Crippen molar-refractivity contribution in [1.82, 2.24) is 9.88 Å². The van der Waals surface area contributed by atoms with Crippen molar-refractivity contribution in [3.8, 4) is 23.7 Å². The third kappa shape index (κ3) is 4.59. The molecule has 0 spiro atoms. The molecule has 1 saturated carbocycles. The molecule has 2 bridgehead atoms. The van der Waals surface area contributed by atoms with Gasteiger partial charge in [-0.3, -0.25) is 4.90 Å². The molecule has 1 unspecified atom stereocenters. The Morgan fingerprint density at radius 1 is 1.00 bits per heavy atom. The summed E-state index contributed by atoms with van der Waals surface area (Å²) in [6.45, 7) is 2.75. The first kappa shape index (κ1) is 21.2. The third-order valence-electron chi connectivity index (χ3n) is 7.20. The van der Waals surface area contributed by atoms with Crippen LogP contribution in [0, 0.1) is 29.6 Å². The molecule has 4 heterocycles. The quantitative estimate of drug-likeness (QED) is 0.725. The highest BCUT2D eigenvalue weighted by Gasteiger charge is 2.44. The van der Waals surface area contributed by atoms with Gasteiger partial charge in [0.15, 0.2) is 0 Å². The summed E-state index contributed by atoms with van der Waals surface area (Å²) in [6.07, 6.45) is 7.99. The molecule has 4 aliphatic rings. The van der Waals surface area contributed by atoms with Gasteiger partial charge in [-0.1, -0.05) is 48.1 Å². The van der Waals surface area contributed by atoms with Crippen LogP contribution in [0.5, 0.6) is 0 Å². The first-order chi connectivity index (χ1) is 15.5. The normalized spacial score (nSPS) is 27.8. The second kappa shape index (κ2) is 8.72. The van der Waals surface area contributed by atoms with Crippen LogP contribution in [0.15, 0.2) is 42.6 Å². The average molecular weight is 427 g/mol. The molecule has 1 aromatic carbocycles. The van der Waals surface area contributed by atoms with E-state index in [4.69, 9.17) is 0 Å². The van der Waals surface area contributed by atoms with Gasteiger partial charge in [0.2, 0.25) is 0 Å². The average Bonchev–Trinajstić information content (AvgIpc) is 3.25. The van der Waals surface area contributed by atoms with Gasteiger partial charge in [-0.15, -0.1) is 0 Å². The Balaban J connectivity index is 1.46. The number of pyridine rings is 1. The minimum Gasteiger partial charge on any atom is -0.378 e. The summed E-state index contributed by atoms with van der Waals surface area (Å²) in [5.74, 6) is 12.9. The number of hydrogen-bond donors (Lipinski definition) is 2. The predicted molar refractivity (Wildman–Crippen MR) is 125 cm³/mol. The van der Waals surface area contributed by atoms with Crippen LogP contribution in [0.4, 0.5) is 0 Å². The smallest absolute Gasteiger partial charge is 0.141 e. The van der Waals surface area contributed by atoms with Crippen molar-refractivity contribution in [1.29, 1.82) is 0 Å². The molecular formula is C28H30N2O2. The van der Waals surface area contributed by atoms with Gasteiger partial charge in [0, 0.05) is 30.6 Å². The highest BCUT2D eigenvalue weighted by Crippen LogP contribution is 2.35. The Labute approximate surface area is 190 Å². The fourth-order valence-corrected chi connectivity index (χ4v) is 5.26. The van der Waals surface area contributed by atoms with E-state index in [1.54, 1.807) is 6.20 Å². The van der Waals surface area contributed by atoms with Crippen LogP contribution in [-0.4, -0.2) is 50.9 Å². The van der Waals surface area contributed by atoms with Crippen LogP contribution in [0.1, 0.15) is 60.9 Å². The lowest BCUT2D eigenvalue weighted by atomic mass is 9.76. The van der Waals surface area contributed by atoms with Gasteiger partial charge in [-0.25, -0.2) is 4.98 Å². The van der Waals surface area contributed by atoms with Crippen LogP contribution < -0.4 is 0 Å². The number of benzene rings is 1. The van der Waals surface area contributed by atoms with Gasteiger partial charge < -0.3 is 10.2 Å². The van der Waals surface area contributed by atoms with Gasteiger partial charge in [-0.2, -0.15) is 0 Å². The number of fused-ring (bicyclic) bond motifs is 3. The molecule has 2 aromatic rings. The van der Waals surface area contributed by atoms with Gasteiger partial charge in [0.25, 0.3) is 0 Å². The van der Waals surface area contributed by atoms with E-state index in [9.17, 15) is 10.2 Å². The lowest BCUT2D eigenvalue weighted by molar-refractivity contribution is -0.0713. The summed E-state index contributed by atoms with van der Waals surface area (Å²) in [6, 6.07) is 12.3. The van der Waals surface area contributed by atoms with Crippen molar-refractivity contribution in [2.24, 2.45) is 5.92 Å². The summed E-state index contributed by atoms with van der Waals surface area (Å²) in [5.41, 5.74) is 1.85. The van der Waals surface area contributed by atoms with Crippen molar-refractivity contribution in [3.63, 3.8) is 0 Å². The van der Waals surface area contributed by atoms with Gasteiger partial charge in [0.05, 0.1) is 0 Å². The molecule has 4 fully saturated rings. The Morgan fingerprint density at radius 2 is 1.75 bits per heavy atom. The Morgan fingerprint density at radius 3 is 2.44 bits per heavy atom. The van der Waals surface area contributed by atoms with E-state index >= 15 is 0 Å². The van der Waals surface area contributed by atoms with Crippen molar-refractivity contribution >= 4 is 0 Å². The van der Waals surface area contributed by atoms with Crippen molar-refractivity contribution < 1.29 is 10.2 Å². The SMILES string of the molecule is OC1(C#Cc2cnc(C#CC3(O)CN4CCC3CC4)c(Cc3ccccc3)c2)CCCC1. The number of rotatable bonds is 2. The van der Waals surface area contributed by atoms with E-state index in [1.807, 2.05) is 24.3 Å². The Hall–Kier alpha value is -2.63. The van der Waals surface area contributed by atoms with Gasteiger partial charge in [-0.05, 0) is 74.7 Å². The summed E-state index contributed by atoms with van der Waals surface area (Å²) in [5, 5.41) is 21.8. The van der Waals surface area contributed by atoms with Gasteiger partial charge in [0.1, 0.15) is 16.9 Å². The number of nitrogens with zero attached hydrogens (tertiary/aromatic N) is 2.